The summed E-state index contributed by atoms with van der Waals surface area (Å²) in [4.78, 5) is 33.1. The summed E-state index contributed by atoms with van der Waals surface area (Å²) in [6, 6.07) is 7.80. The molecule has 1 aliphatic rings. The average molecular weight is 428 g/mol. The molecule has 1 aliphatic heterocycles. The highest BCUT2D eigenvalue weighted by atomic mass is 16.5. The molecule has 2 aromatic rings. The third kappa shape index (κ3) is 4.77. The maximum absolute atomic E-state index is 13.2. The van der Waals surface area contributed by atoms with Crippen LogP contribution in [0, 0.1) is 13.8 Å². The monoisotopic (exact) mass is 427 g/mol. The average Bonchev–Trinajstić information content (AvgIpc) is 3.07. The van der Waals surface area contributed by atoms with Crippen molar-refractivity contribution in [1.82, 2.24) is 9.88 Å². The van der Waals surface area contributed by atoms with E-state index >= 15 is 0 Å². The Labute approximate surface area is 184 Å². The summed E-state index contributed by atoms with van der Waals surface area (Å²) in [6.07, 6.45) is 0. The Bertz CT molecular complexity index is 929. The molecule has 0 amide bonds. The summed E-state index contributed by atoms with van der Waals surface area (Å²) in [7, 11) is 0. The van der Waals surface area contributed by atoms with Gasteiger partial charge in [0.1, 0.15) is 5.75 Å². The van der Waals surface area contributed by atoms with Gasteiger partial charge in [-0.1, -0.05) is 12.1 Å². The summed E-state index contributed by atoms with van der Waals surface area (Å²) in [6.45, 7) is 13.4. The molecule has 1 atom stereocenters. The second kappa shape index (κ2) is 10.0. The van der Waals surface area contributed by atoms with Gasteiger partial charge in [-0.05, 0) is 52.3 Å². The van der Waals surface area contributed by atoms with Crippen molar-refractivity contribution >= 4 is 17.4 Å². The number of hydrogen-bond acceptors (Lipinski definition) is 6. The fraction of sp³-hybridized carbons (Fsp3) is 0.500. The van der Waals surface area contributed by atoms with E-state index in [2.05, 4.69) is 20.9 Å². The molecule has 1 aromatic heterocycles. The predicted octanol–water partition coefficient (Wildman–Crippen LogP) is 3.60. The number of aryl methyl sites for hydroxylation is 1. The van der Waals surface area contributed by atoms with Crippen LogP contribution in [-0.2, 0) is 4.74 Å². The Morgan fingerprint density at radius 2 is 1.74 bits per heavy atom. The zero-order valence-electron chi connectivity index (χ0n) is 19.2. The van der Waals surface area contributed by atoms with Crippen LogP contribution < -0.4 is 9.64 Å². The van der Waals surface area contributed by atoms with Crippen LogP contribution in [-0.4, -0.2) is 67.1 Å². The summed E-state index contributed by atoms with van der Waals surface area (Å²) < 4.78 is 10.9. The van der Waals surface area contributed by atoms with Crippen LogP contribution in [0.25, 0.3) is 0 Å². The molecule has 0 aliphatic carbocycles. The molecular formula is C24H33N3O4. The van der Waals surface area contributed by atoms with E-state index in [0.29, 0.717) is 35.7 Å². The topological polar surface area (TPSA) is 74.9 Å². The number of aromatic amines is 1. The molecule has 0 bridgehead atoms. The van der Waals surface area contributed by atoms with Crippen LogP contribution in [0.3, 0.4) is 0 Å². The number of nitrogens with zero attached hydrogens (tertiary/aromatic N) is 2. The quantitative estimate of drug-likeness (QED) is 0.513. The maximum atomic E-state index is 13.2. The van der Waals surface area contributed by atoms with Crippen LogP contribution in [0.15, 0.2) is 24.3 Å². The van der Waals surface area contributed by atoms with Gasteiger partial charge in [-0.3, -0.25) is 9.69 Å². The lowest BCUT2D eigenvalue weighted by Gasteiger charge is -2.39. The van der Waals surface area contributed by atoms with Gasteiger partial charge in [0.25, 0.3) is 0 Å². The van der Waals surface area contributed by atoms with Gasteiger partial charge in [-0.15, -0.1) is 0 Å². The highest BCUT2D eigenvalue weighted by Crippen LogP contribution is 2.29. The van der Waals surface area contributed by atoms with Gasteiger partial charge in [0.05, 0.1) is 36.2 Å². The number of H-pyrrole nitrogens is 1. The van der Waals surface area contributed by atoms with E-state index in [1.807, 2.05) is 32.0 Å². The molecule has 0 radical (unpaired) electrons. The number of Topliss-reactive ketones (excluding diaryl/α,β-unsaturated/α-hetero) is 1. The number of anilines is 1. The number of ketones is 1. The number of piperazine rings is 1. The molecule has 7 nitrogen and oxygen atoms in total. The zero-order valence-corrected chi connectivity index (χ0v) is 19.2. The number of carbonyl (C=O) groups excluding carboxylic acids is 2. The van der Waals surface area contributed by atoms with Crippen LogP contribution in [0.5, 0.6) is 5.75 Å². The molecule has 31 heavy (non-hydrogen) atoms. The molecule has 1 N–H and O–H groups in total. The van der Waals surface area contributed by atoms with Crippen LogP contribution in [0.4, 0.5) is 5.69 Å². The fourth-order valence-electron chi connectivity index (χ4n) is 4.23. The normalized spacial score (nSPS) is 15.6. The van der Waals surface area contributed by atoms with Gasteiger partial charge in [0.2, 0.25) is 0 Å². The van der Waals surface area contributed by atoms with E-state index in [1.54, 1.807) is 20.8 Å². The van der Waals surface area contributed by atoms with Gasteiger partial charge in [0.15, 0.2) is 5.78 Å². The smallest absolute Gasteiger partial charge is 0.340 e. The standard InChI is InChI=1S/C24H33N3O4/c1-6-30-20-11-9-8-10-19(20)27-14-12-26(13-15-27)18(5)23(28)22-16(3)21(17(4)25-22)24(29)31-7-2/h8-11,18,25H,6-7,12-15H2,1-5H3/t18-/m0/s1. The van der Waals surface area contributed by atoms with Crippen LogP contribution in [0.2, 0.25) is 0 Å². The number of para-hydroxylation sites is 2. The second-order valence-corrected chi connectivity index (χ2v) is 7.81. The lowest BCUT2D eigenvalue weighted by atomic mass is 10.0. The van der Waals surface area contributed by atoms with Crippen LogP contribution >= 0.6 is 0 Å². The molecule has 1 saturated heterocycles. The highest BCUT2D eigenvalue weighted by molar-refractivity contribution is 6.03. The molecular weight excluding hydrogens is 394 g/mol. The van der Waals surface area contributed by atoms with Crippen molar-refractivity contribution in [3.8, 4) is 5.75 Å². The summed E-state index contributed by atoms with van der Waals surface area (Å²) >= 11 is 0. The predicted molar refractivity (Wildman–Crippen MR) is 121 cm³/mol. The molecule has 0 spiro atoms. The van der Waals surface area contributed by atoms with Crippen molar-refractivity contribution < 1.29 is 19.1 Å². The number of carbonyl (C=O) groups is 2. The minimum Gasteiger partial charge on any atom is -0.492 e. The number of hydrogen-bond donors (Lipinski definition) is 1. The first kappa shape index (κ1) is 22.9. The molecule has 0 saturated carbocycles. The first-order chi connectivity index (χ1) is 14.9. The molecule has 168 valence electrons. The van der Waals surface area contributed by atoms with Crippen molar-refractivity contribution in [2.45, 2.75) is 40.7 Å². The van der Waals surface area contributed by atoms with Crippen molar-refractivity contribution in [3.05, 3.63) is 46.8 Å². The molecule has 2 heterocycles. The molecule has 3 rings (SSSR count). The summed E-state index contributed by atoms with van der Waals surface area (Å²) in [5.41, 5.74) is 3.39. The largest absolute Gasteiger partial charge is 0.492 e. The Hall–Kier alpha value is -2.80. The first-order valence-corrected chi connectivity index (χ1v) is 11.0. The number of aromatic nitrogens is 1. The number of rotatable bonds is 8. The van der Waals surface area contributed by atoms with Crippen LogP contribution in [0.1, 0.15) is 52.9 Å². The number of benzene rings is 1. The Balaban J connectivity index is 1.69. The lowest BCUT2D eigenvalue weighted by molar-refractivity contribution is 0.0525. The summed E-state index contributed by atoms with van der Waals surface area (Å²) in [5.74, 6) is 0.507. The Morgan fingerprint density at radius 3 is 2.39 bits per heavy atom. The van der Waals surface area contributed by atoms with E-state index in [-0.39, 0.29) is 17.8 Å². The molecule has 7 heteroatoms. The lowest BCUT2D eigenvalue weighted by Crippen LogP contribution is -2.52. The molecule has 0 unspecified atom stereocenters. The van der Waals surface area contributed by atoms with Gasteiger partial charge in [0, 0.05) is 31.9 Å². The van der Waals surface area contributed by atoms with E-state index in [1.165, 1.54) is 0 Å². The minimum absolute atomic E-state index is 0.000634. The second-order valence-electron chi connectivity index (χ2n) is 7.81. The van der Waals surface area contributed by atoms with Gasteiger partial charge < -0.3 is 19.4 Å². The maximum Gasteiger partial charge on any atom is 0.340 e. The van der Waals surface area contributed by atoms with E-state index < -0.39 is 0 Å². The Morgan fingerprint density at radius 1 is 1.06 bits per heavy atom. The van der Waals surface area contributed by atoms with Crippen molar-refractivity contribution in [1.29, 1.82) is 0 Å². The van der Waals surface area contributed by atoms with Gasteiger partial charge in [-0.25, -0.2) is 4.79 Å². The minimum atomic E-state index is -0.387. The van der Waals surface area contributed by atoms with Gasteiger partial charge in [-0.2, -0.15) is 0 Å². The van der Waals surface area contributed by atoms with Gasteiger partial charge >= 0.3 is 5.97 Å². The third-order valence-corrected chi connectivity index (χ3v) is 5.91. The van der Waals surface area contributed by atoms with Crippen molar-refractivity contribution in [2.75, 3.05) is 44.3 Å². The Kier molecular flexibility index (Phi) is 7.38. The fourth-order valence-corrected chi connectivity index (χ4v) is 4.23. The SMILES string of the molecule is CCOC(=O)c1c(C)[nH]c(C(=O)[C@H](C)N2CCN(c3ccccc3OCC)CC2)c1C. The molecule has 1 fully saturated rings. The first-order valence-electron chi connectivity index (χ1n) is 11.0. The van der Waals surface area contributed by atoms with E-state index in [4.69, 9.17) is 9.47 Å². The zero-order chi connectivity index (χ0) is 22.5. The van der Waals surface area contributed by atoms with Crippen molar-refractivity contribution in [2.24, 2.45) is 0 Å². The van der Waals surface area contributed by atoms with E-state index in [0.717, 1.165) is 37.6 Å². The highest BCUT2D eigenvalue weighted by Gasteiger charge is 2.30. The summed E-state index contributed by atoms with van der Waals surface area (Å²) in [5, 5.41) is 0. The third-order valence-electron chi connectivity index (χ3n) is 5.91. The number of ether oxygens (including phenoxy) is 2. The van der Waals surface area contributed by atoms with Crippen molar-refractivity contribution in [3.63, 3.8) is 0 Å². The molecule has 1 aromatic carbocycles. The van der Waals surface area contributed by atoms with E-state index in [9.17, 15) is 9.59 Å². The number of nitrogens with one attached hydrogen (secondary N) is 1. The number of esters is 1.